The van der Waals surface area contributed by atoms with E-state index in [4.69, 9.17) is 9.84 Å². The van der Waals surface area contributed by atoms with Gasteiger partial charge in [-0.3, -0.25) is 0 Å². The van der Waals surface area contributed by atoms with Crippen LogP contribution in [-0.4, -0.2) is 33.8 Å². The zero-order valence-corrected chi connectivity index (χ0v) is 13.3. The number of carboxylic acid groups (broad SMARTS) is 1. The van der Waals surface area contributed by atoms with E-state index in [2.05, 4.69) is 9.97 Å². The Labute approximate surface area is 141 Å². The van der Waals surface area contributed by atoms with Gasteiger partial charge in [0.05, 0.1) is 29.0 Å². The van der Waals surface area contributed by atoms with Crippen molar-refractivity contribution in [1.29, 1.82) is 0 Å². The van der Waals surface area contributed by atoms with Gasteiger partial charge in [-0.05, 0) is 49.8 Å². The van der Waals surface area contributed by atoms with Crippen LogP contribution in [0.3, 0.4) is 0 Å². The molecule has 0 saturated heterocycles. The summed E-state index contributed by atoms with van der Waals surface area (Å²) in [5.41, 5.74) is 0.563. The van der Waals surface area contributed by atoms with Gasteiger partial charge in [0.2, 0.25) is 5.88 Å². The van der Waals surface area contributed by atoms with Crippen LogP contribution in [0.4, 0.5) is 13.2 Å². The van der Waals surface area contributed by atoms with Crippen LogP contribution >= 0.6 is 0 Å². The summed E-state index contributed by atoms with van der Waals surface area (Å²) < 4.78 is 43.8. The van der Waals surface area contributed by atoms with Crippen LogP contribution < -0.4 is 4.74 Å². The number of hydrogen-bond acceptors (Lipinski definition) is 4. The smallest absolute Gasteiger partial charge is 0.391 e. The molecule has 1 aliphatic carbocycles. The van der Waals surface area contributed by atoms with E-state index in [0.717, 1.165) is 0 Å². The maximum Gasteiger partial charge on any atom is 0.391 e. The van der Waals surface area contributed by atoms with Crippen molar-refractivity contribution < 1.29 is 27.8 Å². The molecule has 0 amide bonds. The maximum absolute atomic E-state index is 12.7. The number of hydrogen-bond donors (Lipinski definition) is 1. The Morgan fingerprint density at radius 3 is 2.56 bits per heavy atom. The third kappa shape index (κ3) is 4.00. The molecule has 0 aliphatic heterocycles. The molecule has 1 aromatic carbocycles. The van der Waals surface area contributed by atoms with Gasteiger partial charge in [-0.1, -0.05) is 0 Å². The summed E-state index contributed by atoms with van der Waals surface area (Å²) >= 11 is 0. The Bertz CT molecular complexity index is 771. The Kier molecular flexibility index (Phi) is 4.78. The molecule has 5 nitrogen and oxygen atoms in total. The molecule has 1 N–H and O–H groups in total. The van der Waals surface area contributed by atoms with Crippen LogP contribution in [0.5, 0.6) is 5.88 Å². The minimum absolute atomic E-state index is 0.0573. The number of alkyl halides is 3. The van der Waals surface area contributed by atoms with Crippen molar-refractivity contribution in [2.24, 2.45) is 11.8 Å². The molecule has 3 rings (SSSR count). The van der Waals surface area contributed by atoms with Gasteiger partial charge >= 0.3 is 12.1 Å². The third-order valence-electron chi connectivity index (χ3n) is 4.61. The molecule has 1 heterocycles. The molecule has 0 bridgehead atoms. The van der Waals surface area contributed by atoms with Crippen LogP contribution in [0, 0.1) is 11.8 Å². The summed E-state index contributed by atoms with van der Waals surface area (Å²) in [5.74, 6) is -1.88. The highest BCUT2D eigenvalue weighted by atomic mass is 19.4. The number of aromatic nitrogens is 2. The topological polar surface area (TPSA) is 72.3 Å². The second-order valence-corrected chi connectivity index (χ2v) is 6.29. The number of ether oxygens (including phenoxy) is 1. The monoisotopic (exact) mass is 354 g/mol. The van der Waals surface area contributed by atoms with E-state index in [9.17, 15) is 18.0 Å². The molecule has 25 heavy (non-hydrogen) atoms. The molecule has 0 radical (unpaired) electrons. The van der Waals surface area contributed by atoms with Gasteiger partial charge in [-0.25, -0.2) is 14.8 Å². The van der Waals surface area contributed by atoms with Crippen LogP contribution in [0.25, 0.3) is 10.9 Å². The van der Waals surface area contributed by atoms with Crippen molar-refractivity contribution in [3.63, 3.8) is 0 Å². The highest BCUT2D eigenvalue weighted by Crippen LogP contribution is 2.39. The first kappa shape index (κ1) is 17.4. The summed E-state index contributed by atoms with van der Waals surface area (Å²) in [5, 5.41) is 9.59. The normalized spacial score (nSPS) is 21.2. The average molecular weight is 354 g/mol. The van der Waals surface area contributed by atoms with Gasteiger partial charge in [0, 0.05) is 0 Å². The van der Waals surface area contributed by atoms with E-state index in [1.807, 2.05) is 0 Å². The fourth-order valence-corrected chi connectivity index (χ4v) is 3.13. The van der Waals surface area contributed by atoms with Gasteiger partial charge in [-0.2, -0.15) is 13.2 Å². The number of aromatic carboxylic acids is 1. The number of carbonyl (C=O) groups is 1. The van der Waals surface area contributed by atoms with Crippen molar-refractivity contribution in [2.75, 3.05) is 6.61 Å². The Morgan fingerprint density at radius 2 is 1.92 bits per heavy atom. The SMILES string of the molecule is O=C(O)c1ccc2c(OCC3CCC(C(F)(F)F)CC3)ncnc2c1. The van der Waals surface area contributed by atoms with E-state index >= 15 is 0 Å². The van der Waals surface area contributed by atoms with E-state index in [1.165, 1.54) is 18.5 Å². The quantitative estimate of drug-likeness (QED) is 0.896. The zero-order valence-electron chi connectivity index (χ0n) is 13.3. The molecule has 0 unspecified atom stereocenters. The number of rotatable bonds is 4. The molecule has 1 fully saturated rings. The zero-order chi connectivity index (χ0) is 18.0. The minimum Gasteiger partial charge on any atom is -0.478 e. The molecule has 8 heteroatoms. The molecule has 1 saturated carbocycles. The molecule has 0 spiro atoms. The molecule has 134 valence electrons. The number of halogens is 3. The Hall–Kier alpha value is -2.38. The fraction of sp³-hybridized carbons (Fsp3) is 0.471. The second kappa shape index (κ2) is 6.85. The van der Waals surface area contributed by atoms with E-state index in [-0.39, 0.29) is 30.9 Å². The lowest BCUT2D eigenvalue weighted by Crippen LogP contribution is -2.29. The first-order valence-corrected chi connectivity index (χ1v) is 8.02. The van der Waals surface area contributed by atoms with Gasteiger partial charge in [0.25, 0.3) is 0 Å². The van der Waals surface area contributed by atoms with Crippen LogP contribution in [0.2, 0.25) is 0 Å². The van der Waals surface area contributed by atoms with E-state index < -0.39 is 18.1 Å². The summed E-state index contributed by atoms with van der Waals surface area (Å²) in [6, 6.07) is 4.45. The first-order chi connectivity index (χ1) is 11.8. The number of nitrogens with zero attached hydrogens (tertiary/aromatic N) is 2. The highest BCUT2D eigenvalue weighted by molar-refractivity contribution is 5.94. The lowest BCUT2D eigenvalue weighted by Gasteiger charge is -2.29. The predicted molar refractivity (Wildman–Crippen MR) is 83.5 cm³/mol. The molecular formula is C17H17F3N2O3. The molecule has 2 aromatic rings. The van der Waals surface area contributed by atoms with Gasteiger partial charge in [0.1, 0.15) is 6.33 Å². The largest absolute Gasteiger partial charge is 0.478 e. The maximum atomic E-state index is 12.7. The first-order valence-electron chi connectivity index (χ1n) is 8.02. The van der Waals surface area contributed by atoms with Crippen molar-refractivity contribution in [2.45, 2.75) is 31.9 Å². The summed E-state index contributed by atoms with van der Waals surface area (Å²) in [6.07, 6.45) is -1.64. The number of carboxylic acids is 1. The summed E-state index contributed by atoms with van der Waals surface area (Å²) in [6.45, 7) is 0.289. The number of benzene rings is 1. The molecular weight excluding hydrogens is 337 g/mol. The highest BCUT2D eigenvalue weighted by Gasteiger charge is 2.41. The summed E-state index contributed by atoms with van der Waals surface area (Å²) in [7, 11) is 0. The van der Waals surface area contributed by atoms with Crippen LogP contribution in [-0.2, 0) is 0 Å². The Balaban J connectivity index is 1.65. The van der Waals surface area contributed by atoms with Gasteiger partial charge in [-0.15, -0.1) is 0 Å². The van der Waals surface area contributed by atoms with E-state index in [0.29, 0.717) is 29.6 Å². The summed E-state index contributed by atoms with van der Waals surface area (Å²) in [4.78, 5) is 19.1. The average Bonchev–Trinajstić information content (AvgIpc) is 2.59. The van der Waals surface area contributed by atoms with Crippen LogP contribution in [0.1, 0.15) is 36.0 Å². The fourth-order valence-electron chi connectivity index (χ4n) is 3.13. The third-order valence-corrected chi connectivity index (χ3v) is 4.61. The minimum atomic E-state index is -4.11. The Morgan fingerprint density at radius 1 is 1.20 bits per heavy atom. The lowest BCUT2D eigenvalue weighted by atomic mass is 9.82. The molecule has 0 atom stereocenters. The van der Waals surface area contributed by atoms with Crippen molar-refractivity contribution in [3.05, 3.63) is 30.1 Å². The van der Waals surface area contributed by atoms with Gasteiger partial charge < -0.3 is 9.84 Å². The molecule has 1 aromatic heterocycles. The second-order valence-electron chi connectivity index (χ2n) is 6.29. The van der Waals surface area contributed by atoms with Crippen molar-refractivity contribution >= 4 is 16.9 Å². The number of fused-ring (bicyclic) bond motifs is 1. The van der Waals surface area contributed by atoms with E-state index in [1.54, 1.807) is 6.07 Å². The van der Waals surface area contributed by atoms with Gasteiger partial charge in [0.15, 0.2) is 0 Å². The van der Waals surface area contributed by atoms with Crippen molar-refractivity contribution in [3.8, 4) is 5.88 Å². The van der Waals surface area contributed by atoms with Crippen LogP contribution in [0.15, 0.2) is 24.5 Å². The molecule has 1 aliphatic rings. The van der Waals surface area contributed by atoms with Crippen molar-refractivity contribution in [1.82, 2.24) is 9.97 Å². The predicted octanol–water partition coefficient (Wildman–Crippen LogP) is 4.08. The lowest BCUT2D eigenvalue weighted by molar-refractivity contribution is -0.184. The standard InChI is InChI=1S/C17H17F3N2O3/c18-17(19,20)12-4-1-10(2-5-12)8-25-15-13-6-3-11(16(23)24)7-14(13)21-9-22-15/h3,6-7,9-10,12H,1-2,4-5,8H2,(H,23,24).